The van der Waals surface area contributed by atoms with Gasteiger partial charge in [0.1, 0.15) is 5.82 Å². The number of benzene rings is 2. The van der Waals surface area contributed by atoms with Crippen molar-refractivity contribution < 1.29 is 14.0 Å². The van der Waals surface area contributed by atoms with Crippen LogP contribution in [0.1, 0.15) is 34.5 Å². The van der Waals surface area contributed by atoms with Gasteiger partial charge in [-0.2, -0.15) is 0 Å². The molecule has 1 N–H and O–H groups in total. The number of Topliss-reactive ketones (excluding diaryl/α,β-unsaturated/α-hetero) is 1. The maximum absolute atomic E-state index is 14.2. The minimum absolute atomic E-state index is 0.0118. The molecule has 1 heterocycles. The average molecular weight is 385 g/mol. The molecule has 0 bridgehead atoms. The second-order valence-corrected chi connectivity index (χ2v) is 7.27. The second kappa shape index (κ2) is 6.82. The highest BCUT2D eigenvalue weighted by Gasteiger charge is 2.37. The molecule has 1 saturated carbocycles. The number of H-pyrrole nitrogens is 1. The van der Waals surface area contributed by atoms with E-state index in [1.165, 1.54) is 17.0 Å². The zero-order chi connectivity index (χ0) is 19.1. The number of ketones is 1. The third-order valence-corrected chi connectivity index (χ3v) is 5.31. The monoisotopic (exact) mass is 384 g/mol. The fourth-order valence-corrected chi connectivity index (χ4v) is 3.64. The standard InChI is InChI=1S/C21H18ClFN2O2/c1-12-19(14-5-2-3-8-18(14)24-12)20(26)21(27)25(13-9-10-13)11-15-16(22)6-4-7-17(15)23/h2-8,13,24H,9-11H2,1H3. The zero-order valence-electron chi connectivity index (χ0n) is 14.8. The Morgan fingerprint density at radius 3 is 2.63 bits per heavy atom. The summed E-state index contributed by atoms with van der Waals surface area (Å²) >= 11 is 6.12. The summed E-state index contributed by atoms with van der Waals surface area (Å²) in [5.41, 5.74) is 2.07. The molecule has 27 heavy (non-hydrogen) atoms. The highest BCUT2D eigenvalue weighted by atomic mass is 35.5. The molecule has 1 aliphatic carbocycles. The summed E-state index contributed by atoms with van der Waals surface area (Å²) in [6, 6.07) is 11.7. The molecule has 1 aromatic heterocycles. The Balaban J connectivity index is 1.68. The van der Waals surface area contributed by atoms with Gasteiger partial charge in [-0.25, -0.2) is 4.39 Å². The molecule has 0 radical (unpaired) electrons. The third-order valence-electron chi connectivity index (χ3n) is 4.95. The van der Waals surface area contributed by atoms with Crippen molar-refractivity contribution in [2.45, 2.75) is 32.4 Å². The number of aromatic nitrogens is 1. The van der Waals surface area contributed by atoms with Crippen LogP contribution in [0.25, 0.3) is 10.9 Å². The number of aromatic amines is 1. The minimum Gasteiger partial charge on any atom is -0.358 e. The quantitative estimate of drug-likeness (QED) is 0.514. The smallest absolute Gasteiger partial charge is 0.295 e. The van der Waals surface area contributed by atoms with Crippen molar-refractivity contribution in [1.29, 1.82) is 0 Å². The van der Waals surface area contributed by atoms with Crippen molar-refractivity contribution in [3.63, 3.8) is 0 Å². The Morgan fingerprint density at radius 2 is 1.93 bits per heavy atom. The van der Waals surface area contributed by atoms with E-state index in [2.05, 4.69) is 4.98 Å². The molecule has 0 atom stereocenters. The lowest BCUT2D eigenvalue weighted by atomic mass is 10.1. The van der Waals surface area contributed by atoms with Gasteiger partial charge in [0.25, 0.3) is 11.7 Å². The lowest BCUT2D eigenvalue weighted by Gasteiger charge is -2.22. The second-order valence-electron chi connectivity index (χ2n) is 6.86. The van der Waals surface area contributed by atoms with Crippen LogP contribution in [0.15, 0.2) is 42.5 Å². The summed E-state index contributed by atoms with van der Waals surface area (Å²) in [4.78, 5) is 30.7. The van der Waals surface area contributed by atoms with E-state index in [1.54, 1.807) is 13.0 Å². The number of halogens is 2. The van der Waals surface area contributed by atoms with Crippen LogP contribution < -0.4 is 0 Å². The van der Waals surface area contributed by atoms with E-state index in [1.807, 2.05) is 24.3 Å². The van der Waals surface area contributed by atoms with Crippen molar-refractivity contribution in [1.82, 2.24) is 9.88 Å². The predicted octanol–water partition coefficient (Wildman–Crippen LogP) is 4.64. The zero-order valence-corrected chi connectivity index (χ0v) is 15.5. The van der Waals surface area contributed by atoms with Gasteiger partial charge >= 0.3 is 0 Å². The van der Waals surface area contributed by atoms with Gasteiger partial charge in [-0.15, -0.1) is 0 Å². The summed E-state index contributed by atoms with van der Waals surface area (Å²) in [5, 5.41) is 0.970. The third kappa shape index (κ3) is 3.23. The predicted molar refractivity (Wildman–Crippen MR) is 102 cm³/mol. The summed E-state index contributed by atoms with van der Waals surface area (Å²) < 4.78 is 14.2. The fraction of sp³-hybridized carbons (Fsp3) is 0.238. The lowest BCUT2D eigenvalue weighted by Crippen LogP contribution is -2.38. The molecule has 1 amide bonds. The van der Waals surface area contributed by atoms with Gasteiger partial charge < -0.3 is 9.88 Å². The number of fused-ring (bicyclic) bond motifs is 1. The molecule has 2 aromatic carbocycles. The highest BCUT2D eigenvalue weighted by Crippen LogP contribution is 2.32. The summed E-state index contributed by atoms with van der Waals surface area (Å²) in [6.45, 7) is 1.76. The molecule has 6 heteroatoms. The number of para-hydroxylation sites is 1. The minimum atomic E-state index is -0.621. The van der Waals surface area contributed by atoms with Crippen LogP contribution in [0.3, 0.4) is 0 Å². The van der Waals surface area contributed by atoms with Gasteiger partial charge in [-0.05, 0) is 38.0 Å². The molecule has 3 aromatic rings. The Hall–Kier alpha value is -2.66. The molecule has 0 unspecified atom stereocenters. The Bertz CT molecular complexity index is 1040. The molecule has 0 aliphatic heterocycles. The molecule has 4 rings (SSSR count). The van der Waals surface area contributed by atoms with Crippen molar-refractivity contribution in [3.8, 4) is 0 Å². The van der Waals surface area contributed by atoms with E-state index < -0.39 is 17.5 Å². The number of carbonyl (C=O) groups is 2. The van der Waals surface area contributed by atoms with Gasteiger partial charge in [0.15, 0.2) is 0 Å². The first-order valence-electron chi connectivity index (χ1n) is 8.83. The number of amides is 1. The molecule has 4 nitrogen and oxygen atoms in total. The number of carbonyl (C=O) groups excluding carboxylic acids is 2. The first kappa shape index (κ1) is 17.7. The first-order valence-corrected chi connectivity index (χ1v) is 9.20. The highest BCUT2D eigenvalue weighted by molar-refractivity contribution is 6.45. The average Bonchev–Trinajstić information content (AvgIpc) is 3.42. The van der Waals surface area contributed by atoms with Crippen LogP contribution >= 0.6 is 11.6 Å². The van der Waals surface area contributed by atoms with Gasteiger partial charge in [0.2, 0.25) is 0 Å². The molecule has 1 fully saturated rings. The lowest BCUT2D eigenvalue weighted by molar-refractivity contribution is -0.127. The van der Waals surface area contributed by atoms with Crippen LogP contribution in [0.5, 0.6) is 0 Å². The van der Waals surface area contributed by atoms with Crippen molar-refractivity contribution in [3.05, 3.63) is 70.1 Å². The Kier molecular flexibility index (Phi) is 4.48. The Labute approximate surface area is 160 Å². The van der Waals surface area contributed by atoms with Gasteiger partial charge in [0.05, 0.1) is 12.1 Å². The molecule has 0 saturated heterocycles. The summed E-state index contributed by atoms with van der Waals surface area (Å²) in [6.07, 6.45) is 1.61. The SMILES string of the molecule is Cc1[nH]c2ccccc2c1C(=O)C(=O)N(Cc1c(F)cccc1Cl)C1CC1. The number of nitrogens with zero attached hydrogens (tertiary/aromatic N) is 1. The fourth-order valence-electron chi connectivity index (χ4n) is 3.41. The number of nitrogens with one attached hydrogen (secondary N) is 1. The maximum Gasteiger partial charge on any atom is 0.295 e. The van der Waals surface area contributed by atoms with E-state index in [9.17, 15) is 14.0 Å². The van der Waals surface area contributed by atoms with E-state index in [0.29, 0.717) is 16.6 Å². The molecule has 138 valence electrons. The van der Waals surface area contributed by atoms with Crippen LogP contribution in [-0.4, -0.2) is 27.6 Å². The summed E-state index contributed by atoms with van der Waals surface area (Å²) in [7, 11) is 0. The van der Waals surface area contributed by atoms with Crippen LogP contribution in [0.4, 0.5) is 4.39 Å². The van der Waals surface area contributed by atoms with E-state index in [-0.39, 0.29) is 23.2 Å². The first-order chi connectivity index (χ1) is 13.0. The molecule has 0 spiro atoms. The Morgan fingerprint density at radius 1 is 1.19 bits per heavy atom. The van der Waals surface area contributed by atoms with E-state index in [4.69, 9.17) is 11.6 Å². The van der Waals surface area contributed by atoms with Gasteiger partial charge in [-0.3, -0.25) is 9.59 Å². The number of hydrogen-bond acceptors (Lipinski definition) is 2. The van der Waals surface area contributed by atoms with Crippen molar-refractivity contribution >= 4 is 34.2 Å². The molecular weight excluding hydrogens is 367 g/mol. The topological polar surface area (TPSA) is 53.2 Å². The van der Waals surface area contributed by atoms with Crippen LogP contribution in [0, 0.1) is 12.7 Å². The van der Waals surface area contributed by atoms with E-state index >= 15 is 0 Å². The van der Waals surface area contributed by atoms with Gasteiger partial charge in [0, 0.05) is 33.2 Å². The summed E-state index contributed by atoms with van der Waals surface area (Å²) in [5.74, 6) is -1.68. The van der Waals surface area contributed by atoms with Crippen LogP contribution in [-0.2, 0) is 11.3 Å². The number of hydrogen-bond donors (Lipinski definition) is 1. The van der Waals surface area contributed by atoms with Crippen molar-refractivity contribution in [2.75, 3.05) is 0 Å². The van der Waals surface area contributed by atoms with E-state index in [0.717, 1.165) is 18.4 Å². The number of rotatable bonds is 5. The maximum atomic E-state index is 14.2. The largest absolute Gasteiger partial charge is 0.358 e. The van der Waals surface area contributed by atoms with Crippen molar-refractivity contribution in [2.24, 2.45) is 0 Å². The molecule has 1 aliphatic rings. The van der Waals surface area contributed by atoms with Gasteiger partial charge in [-0.1, -0.05) is 35.9 Å². The van der Waals surface area contributed by atoms with Crippen LogP contribution in [0.2, 0.25) is 5.02 Å². The normalized spacial score (nSPS) is 13.7. The molecular formula is C21H18ClFN2O2. The number of aryl methyl sites for hydroxylation is 1.